The van der Waals surface area contributed by atoms with Crippen LogP contribution in [0.1, 0.15) is 16.2 Å². The summed E-state index contributed by atoms with van der Waals surface area (Å²) in [6, 6.07) is 14.4. The molecule has 10 heteroatoms. The summed E-state index contributed by atoms with van der Waals surface area (Å²) in [5.74, 6) is -1.08. The first-order valence-corrected chi connectivity index (χ1v) is 8.93. The van der Waals surface area contributed by atoms with Crippen LogP contribution in [0.15, 0.2) is 60.7 Å². The van der Waals surface area contributed by atoms with Crippen LogP contribution >= 0.6 is 11.6 Å². The number of halogens is 4. The Kier molecular flexibility index (Phi) is 4.83. The Balaban J connectivity index is 1.79. The van der Waals surface area contributed by atoms with Crippen molar-refractivity contribution in [3.8, 4) is 17.0 Å². The average molecular weight is 433 g/mol. The highest BCUT2D eigenvalue weighted by Crippen LogP contribution is 2.32. The van der Waals surface area contributed by atoms with E-state index >= 15 is 0 Å². The van der Waals surface area contributed by atoms with Gasteiger partial charge in [0, 0.05) is 16.7 Å². The average Bonchev–Trinajstić information content (AvgIpc) is 3.14. The predicted octanol–water partition coefficient (Wildman–Crippen LogP) is 5.03. The Bertz CT molecular complexity index is 1260. The van der Waals surface area contributed by atoms with Crippen molar-refractivity contribution in [3.63, 3.8) is 0 Å². The number of carbonyl (C=O) groups excluding carboxylic acids is 1. The van der Waals surface area contributed by atoms with Crippen LogP contribution in [0.5, 0.6) is 5.75 Å². The van der Waals surface area contributed by atoms with Crippen LogP contribution in [0.4, 0.5) is 18.9 Å². The topological polar surface area (TPSA) is 79.5 Å². The van der Waals surface area contributed by atoms with E-state index in [4.69, 9.17) is 11.6 Å². The van der Waals surface area contributed by atoms with Crippen molar-refractivity contribution in [2.75, 3.05) is 5.32 Å². The SMILES string of the molecule is O=C(Nc1cc(Cl)ccc1O)c1cc2nc(-c3ccccc3)cc(C(F)(F)F)n2n1. The summed E-state index contributed by atoms with van der Waals surface area (Å²) in [6.07, 6.45) is -4.73. The van der Waals surface area contributed by atoms with Gasteiger partial charge in [0.15, 0.2) is 17.0 Å². The molecule has 0 spiro atoms. The normalized spacial score (nSPS) is 11.6. The molecule has 2 N–H and O–H groups in total. The summed E-state index contributed by atoms with van der Waals surface area (Å²) in [4.78, 5) is 16.7. The fourth-order valence-electron chi connectivity index (χ4n) is 2.84. The number of phenolic OH excluding ortho intramolecular Hbond substituents is 1. The summed E-state index contributed by atoms with van der Waals surface area (Å²) < 4.78 is 41.5. The van der Waals surface area contributed by atoms with Crippen molar-refractivity contribution in [3.05, 3.63) is 77.1 Å². The van der Waals surface area contributed by atoms with Gasteiger partial charge in [-0.15, -0.1) is 0 Å². The first-order chi connectivity index (χ1) is 14.2. The van der Waals surface area contributed by atoms with Crippen LogP contribution in [0, 0.1) is 0 Å². The second kappa shape index (κ2) is 7.34. The van der Waals surface area contributed by atoms with Gasteiger partial charge in [-0.05, 0) is 24.3 Å². The molecule has 0 aliphatic rings. The molecular formula is C20H12ClF3N4O2. The number of aromatic nitrogens is 3. The van der Waals surface area contributed by atoms with E-state index in [0.717, 1.165) is 12.1 Å². The molecule has 0 saturated carbocycles. The lowest BCUT2D eigenvalue weighted by Crippen LogP contribution is -2.15. The number of benzene rings is 2. The molecule has 4 rings (SSSR count). The zero-order chi connectivity index (χ0) is 21.5. The molecule has 152 valence electrons. The third-order valence-electron chi connectivity index (χ3n) is 4.23. The molecule has 0 unspecified atom stereocenters. The number of phenols is 1. The van der Waals surface area contributed by atoms with E-state index in [2.05, 4.69) is 15.4 Å². The molecule has 0 saturated heterocycles. The number of rotatable bonds is 3. The summed E-state index contributed by atoms with van der Waals surface area (Å²) in [6.45, 7) is 0. The third kappa shape index (κ3) is 3.79. The fraction of sp³-hybridized carbons (Fsp3) is 0.0500. The Labute approximate surface area is 172 Å². The third-order valence-corrected chi connectivity index (χ3v) is 4.46. The van der Waals surface area contributed by atoms with Gasteiger partial charge < -0.3 is 10.4 Å². The van der Waals surface area contributed by atoms with Crippen LogP contribution in [0.3, 0.4) is 0 Å². The first-order valence-electron chi connectivity index (χ1n) is 8.56. The molecule has 0 aliphatic heterocycles. The molecule has 0 bridgehead atoms. The number of fused-ring (bicyclic) bond motifs is 1. The Hall–Kier alpha value is -3.59. The van der Waals surface area contributed by atoms with E-state index in [9.17, 15) is 23.1 Å². The van der Waals surface area contributed by atoms with Crippen molar-refractivity contribution in [2.45, 2.75) is 6.18 Å². The molecule has 6 nitrogen and oxygen atoms in total. The summed E-state index contributed by atoms with van der Waals surface area (Å²) >= 11 is 5.84. The van der Waals surface area contributed by atoms with Gasteiger partial charge in [0.1, 0.15) is 5.75 Å². The molecule has 0 atom stereocenters. The van der Waals surface area contributed by atoms with Crippen LogP contribution < -0.4 is 5.32 Å². The highest BCUT2D eigenvalue weighted by molar-refractivity contribution is 6.31. The first kappa shape index (κ1) is 19.7. The smallest absolute Gasteiger partial charge is 0.433 e. The Morgan fingerprint density at radius 3 is 2.50 bits per heavy atom. The fourth-order valence-corrected chi connectivity index (χ4v) is 3.01. The predicted molar refractivity (Wildman–Crippen MR) is 104 cm³/mol. The van der Waals surface area contributed by atoms with Gasteiger partial charge in [0.25, 0.3) is 5.91 Å². The molecule has 1 amide bonds. The minimum Gasteiger partial charge on any atom is -0.506 e. The number of hydrogen-bond acceptors (Lipinski definition) is 4. The number of amides is 1. The van der Waals surface area contributed by atoms with E-state index in [1.165, 1.54) is 18.2 Å². The lowest BCUT2D eigenvalue weighted by atomic mass is 10.1. The second-order valence-corrected chi connectivity index (χ2v) is 6.74. The van der Waals surface area contributed by atoms with E-state index in [1.807, 2.05) is 0 Å². The molecule has 30 heavy (non-hydrogen) atoms. The number of anilines is 1. The van der Waals surface area contributed by atoms with Gasteiger partial charge in [-0.1, -0.05) is 41.9 Å². The van der Waals surface area contributed by atoms with Gasteiger partial charge in [-0.2, -0.15) is 18.3 Å². The Morgan fingerprint density at radius 2 is 1.80 bits per heavy atom. The minimum absolute atomic E-state index is 0.00136. The molecule has 2 heterocycles. The van der Waals surface area contributed by atoms with Crippen LogP contribution in [-0.4, -0.2) is 25.6 Å². The molecule has 2 aromatic carbocycles. The summed E-state index contributed by atoms with van der Waals surface area (Å²) in [5.41, 5.74) is -0.951. The van der Waals surface area contributed by atoms with Crippen molar-refractivity contribution in [2.24, 2.45) is 0 Å². The van der Waals surface area contributed by atoms with Crippen LogP contribution in [0.25, 0.3) is 16.9 Å². The monoisotopic (exact) mass is 432 g/mol. The van der Waals surface area contributed by atoms with Gasteiger partial charge in [-0.3, -0.25) is 4.79 Å². The number of nitrogens with one attached hydrogen (secondary N) is 1. The standard InChI is InChI=1S/C20H12ClF3N4O2/c21-12-6-7-16(29)14(8-12)26-19(30)15-10-18-25-13(11-4-2-1-3-5-11)9-17(20(22,23)24)28(18)27-15/h1-10,29H,(H,26,30). The summed E-state index contributed by atoms with van der Waals surface area (Å²) in [7, 11) is 0. The Morgan fingerprint density at radius 1 is 1.07 bits per heavy atom. The van der Waals surface area contributed by atoms with Gasteiger partial charge in [0.05, 0.1) is 11.4 Å². The van der Waals surface area contributed by atoms with Crippen LogP contribution in [0.2, 0.25) is 5.02 Å². The van der Waals surface area contributed by atoms with E-state index < -0.39 is 17.8 Å². The molecular weight excluding hydrogens is 421 g/mol. The summed E-state index contributed by atoms with van der Waals surface area (Å²) in [5, 5.41) is 16.2. The maximum atomic E-state index is 13.6. The minimum atomic E-state index is -4.73. The number of alkyl halides is 3. The maximum absolute atomic E-state index is 13.6. The number of carbonyl (C=O) groups is 1. The lowest BCUT2D eigenvalue weighted by molar-refractivity contribution is -0.142. The van der Waals surface area contributed by atoms with Crippen molar-refractivity contribution in [1.29, 1.82) is 0 Å². The zero-order valence-corrected chi connectivity index (χ0v) is 15.7. The highest BCUT2D eigenvalue weighted by atomic mass is 35.5. The van der Waals surface area contributed by atoms with Crippen molar-refractivity contribution < 1.29 is 23.1 Å². The van der Waals surface area contributed by atoms with E-state index in [0.29, 0.717) is 10.1 Å². The molecule has 0 fully saturated rings. The van der Waals surface area contributed by atoms with Crippen molar-refractivity contribution in [1.82, 2.24) is 14.6 Å². The van der Waals surface area contributed by atoms with Gasteiger partial charge in [0.2, 0.25) is 0 Å². The highest BCUT2D eigenvalue weighted by Gasteiger charge is 2.35. The van der Waals surface area contributed by atoms with E-state index in [1.54, 1.807) is 30.3 Å². The van der Waals surface area contributed by atoms with Crippen LogP contribution in [-0.2, 0) is 6.18 Å². The quantitative estimate of drug-likeness (QED) is 0.445. The largest absolute Gasteiger partial charge is 0.506 e. The zero-order valence-electron chi connectivity index (χ0n) is 15.0. The lowest BCUT2D eigenvalue weighted by Gasteiger charge is -2.11. The van der Waals surface area contributed by atoms with Gasteiger partial charge in [-0.25, -0.2) is 9.50 Å². The molecule has 0 aliphatic carbocycles. The van der Waals surface area contributed by atoms with Gasteiger partial charge >= 0.3 is 6.18 Å². The number of aromatic hydroxyl groups is 1. The second-order valence-electron chi connectivity index (χ2n) is 6.31. The number of hydrogen-bond donors (Lipinski definition) is 2. The maximum Gasteiger partial charge on any atom is 0.433 e. The number of nitrogens with zero attached hydrogens (tertiary/aromatic N) is 3. The molecule has 4 aromatic rings. The molecule has 0 radical (unpaired) electrons. The van der Waals surface area contributed by atoms with E-state index in [-0.39, 0.29) is 33.5 Å². The van der Waals surface area contributed by atoms with Crippen molar-refractivity contribution >= 4 is 28.8 Å². The molecule has 2 aromatic heterocycles.